The Morgan fingerprint density at radius 2 is 1.55 bits per heavy atom. The molecule has 22 heavy (non-hydrogen) atoms. The van der Waals surface area contributed by atoms with Crippen molar-refractivity contribution >= 4 is 10.0 Å². The second-order valence-corrected chi connectivity index (χ2v) is 9.31. The van der Waals surface area contributed by atoms with Gasteiger partial charge in [-0.2, -0.15) is 4.31 Å². The number of sulfonamides is 1. The van der Waals surface area contributed by atoms with Crippen molar-refractivity contribution in [3.05, 3.63) is 28.8 Å². The Morgan fingerprint density at radius 3 is 1.95 bits per heavy atom. The SMILES string of the molecule is Cc1cc(C(C)(C)C)cc(C)c1S(=O)(=O)N1CCC(N)CC1. The minimum Gasteiger partial charge on any atom is -0.328 e. The zero-order chi connectivity index (χ0) is 16.7. The lowest BCUT2D eigenvalue weighted by atomic mass is 9.85. The summed E-state index contributed by atoms with van der Waals surface area (Å²) in [5, 5.41) is 0. The van der Waals surface area contributed by atoms with Gasteiger partial charge >= 0.3 is 0 Å². The minimum atomic E-state index is -3.43. The number of hydrogen-bond donors (Lipinski definition) is 1. The molecule has 1 aromatic rings. The highest BCUT2D eigenvalue weighted by atomic mass is 32.2. The summed E-state index contributed by atoms with van der Waals surface area (Å²) < 4.78 is 27.5. The summed E-state index contributed by atoms with van der Waals surface area (Å²) in [5.74, 6) is 0. The van der Waals surface area contributed by atoms with Crippen molar-refractivity contribution < 1.29 is 8.42 Å². The maximum atomic E-state index is 13.0. The fraction of sp³-hybridized carbons (Fsp3) is 0.647. The fourth-order valence-electron chi connectivity index (χ4n) is 3.04. The second kappa shape index (κ2) is 5.95. The van der Waals surface area contributed by atoms with Gasteiger partial charge in [0.2, 0.25) is 10.0 Å². The van der Waals surface area contributed by atoms with Crippen molar-refractivity contribution in [1.29, 1.82) is 0 Å². The van der Waals surface area contributed by atoms with Gasteiger partial charge in [-0.05, 0) is 48.8 Å². The summed E-state index contributed by atoms with van der Waals surface area (Å²) in [7, 11) is -3.43. The molecule has 0 atom stereocenters. The first-order valence-corrected chi connectivity index (χ1v) is 9.35. The van der Waals surface area contributed by atoms with Gasteiger partial charge in [-0.25, -0.2) is 8.42 Å². The number of nitrogens with two attached hydrogens (primary N) is 1. The van der Waals surface area contributed by atoms with Crippen molar-refractivity contribution in [1.82, 2.24) is 4.31 Å². The zero-order valence-corrected chi connectivity index (χ0v) is 15.1. The van der Waals surface area contributed by atoms with E-state index in [1.165, 1.54) is 5.56 Å². The molecule has 1 heterocycles. The van der Waals surface area contributed by atoms with Gasteiger partial charge in [0.1, 0.15) is 0 Å². The van der Waals surface area contributed by atoms with E-state index >= 15 is 0 Å². The summed E-state index contributed by atoms with van der Waals surface area (Å²) >= 11 is 0. The molecule has 0 radical (unpaired) electrons. The highest BCUT2D eigenvalue weighted by molar-refractivity contribution is 7.89. The van der Waals surface area contributed by atoms with Crippen molar-refractivity contribution in [2.45, 2.75) is 63.8 Å². The van der Waals surface area contributed by atoms with Crippen molar-refractivity contribution in [2.75, 3.05) is 13.1 Å². The topological polar surface area (TPSA) is 63.4 Å². The van der Waals surface area contributed by atoms with E-state index in [0.29, 0.717) is 18.0 Å². The Hall–Kier alpha value is -0.910. The van der Waals surface area contributed by atoms with E-state index in [9.17, 15) is 8.42 Å². The fourth-order valence-corrected chi connectivity index (χ4v) is 4.92. The molecule has 0 bridgehead atoms. The molecule has 1 saturated heterocycles. The van der Waals surface area contributed by atoms with Crippen LogP contribution in [0.2, 0.25) is 0 Å². The lowest BCUT2D eigenvalue weighted by Crippen LogP contribution is -2.43. The highest BCUT2D eigenvalue weighted by Crippen LogP contribution is 2.31. The minimum absolute atomic E-state index is 0.00963. The van der Waals surface area contributed by atoms with Crippen LogP contribution in [0.5, 0.6) is 0 Å². The summed E-state index contributed by atoms with van der Waals surface area (Å²) in [5.41, 5.74) is 8.73. The molecule has 0 unspecified atom stereocenters. The van der Waals surface area contributed by atoms with E-state index in [0.717, 1.165) is 24.0 Å². The molecule has 1 fully saturated rings. The maximum absolute atomic E-state index is 13.0. The van der Waals surface area contributed by atoms with Gasteiger partial charge in [0.15, 0.2) is 0 Å². The first kappa shape index (κ1) is 17.4. The number of nitrogens with zero attached hydrogens (tertiary/aromatic N) is 1. The van der Waals surface area contributed by atoms with Crippen LogP contribution < -0.4 is 5.73 Å². The molecular weight excluding hydrogens is 296 g/mol. The quantitative estimate of drug-likeness (QED) is 0.910. The molecule has 1 aromatic carbocycles. The van der Waals surface area contributed by atoms with Crippen LogP contribution in [0.1, 0.15) is 50.3 Å². The Labute approximate surface area is 134 Å². The Bertz CT molecular complexity index is 629. The van der Waals surface area contributed by atoms with Crippen LogP contribution in [-0.2, 0) is 15.4 Å². The highest BCUT2D eigenvalue weighted by Gasteiger charge is 2.31. The average Bonchev–Trinajstić information content (AvgIpc) is 2.36. The van der Waals surface area contributed by atoms with E-state index in [-0.39, 0.29) is 11.5 Å². The van der Waals surface area contributed by atoms with Crippen molar-refractivity contribution in [2.24, 2.45) is 5.73 Å². The lowest BCUT2D eigenvalue weighted by molar-refractivity contribution is 0.319. The molecular formula is C17H28N2O2S. The van der Waals surface area contributed by atoms with Gasteiger partial charge < -0.3 is 5.73 Å². The van der Waals surface area contributed by atoms with E-state index < -0.39 is 10.0 Å². The number of hydrogen-bond acceptors (Lipinski definition) is 3. The zero-order valence-electron chi connectivity index (χ0n) is 14.3. The number of aryl methyl sites for hydroxylation is 2. The molecule has 1 aliphatic heterocycles. The Balaban J connectivity index is 2.44. The molecule has 4 nitrogen and oxygen atoms in total. The van der Waals surface area contributed by atoms with Crippen molar-refractivity contribution in [3.63, 3.8) is 0 Å². The average molecular weight is 324 g/mol. The predicted molar refractivity (Wildman–Crippen MR) is 90.6 cm³/mol. The van der Waals surface area contributed by atoms with E-state index in [1.807, 2.05) is 26.0 Å². The lowest BCUT2D eigenvalue weighted by Gasteiger charge is -2.31. The largest absolute Gasteiger partial charge is 0.328 e. The standard InChI is InChI=1S/C17H28N2O2S/c1-12-10-14(17(3,4)5)11-13(2)16(12)22(20,21)19-8-6-15(18)7-9-19/h10-11,15H,6-9,18H2,1-5H3. The molecule has 1 aliphatic rings. The van der Waals surface area contributed by atoms with Crippen molar-refractivity contribution in [3.8, 4) is 0 Å². The molecule has 124 valence electrons. The van der Waals surface area contributed by atoms with E-state index in [2.05, 4.69) is 20.8 Å². The number of rotatable bonds is 2. The van der Waals surface area contributed by atoms with E-state index in [1.54, 1.807) is 4.31 Å². The van der Waals surface area contributed by atoms with Gasteiger partial charge in [-0.1, -0.05) is 32.9 Å². The van der Waals surface area contributed by atoms with E-state index in [4.69, 9.17) is 5.73 Å². The maximum Gasteiger partial charge on any atom is 0.243 e. The third-order valence-electron chi connectivity index (χ3n) is 4.42. The van der Waals surface area contributed by atoms with Crippen LogP contribution in [0, 0.1) is 13.8 Å². The van der Waals surface area contributed by atoms with Gasteiger partial charge in [-0.15, -0.1) is 0 Å². The predicted octanol–water partition coefficient (Wildman–Crippen LogP) is 2.71. The van der Waals surface area contributed by atoms with Gasteiger partial charge in [-0.3, -0.25) is 0 Å². The molecule has 0 amide bonds. The van der Waals surface area contributed by atoms with Crippen LogP contribution in [0.25, 0.3) is 0 Å². The smallest absolute Gasteiger partial charge is 0.243 e. The van der Waals surface area contributed by atoms with Gasteiger partial charge in [0.05, 0.1) is 4.90 Å². The summed E-state index contributed by atoms with van der Waals surface area (Å²) in [6, 6.07) is 4.14. The Morgan fingerprint density at radius 1 is 1.09 bits per heavy atom. The summed E-state index contributed by atoms with van der Waals surface area (Å²) in [6.07, 6.45) is 1.47. The number of benzene rings is 1. The Kier molecular flexibility index (Phi) is 4.71. The number of piperidine rings is 1. The van der Waals surface area contributed by atoms with Crippen LogP contribution in [0.3, 0.4) is 0 Å². The third-order valence-corrected chi connectivity index (χ3v) is 6.63. The van der Waals surface area contributed by atoms with Gasteiger partial charge in [0.25, 0.3) is 0 Å². The first-order valence-electron chi connectivity index (χ1n) is 7.91. The van der Waals surface area contributed by atoms with Crippen LogP contribution in [-0.4, -0.2) is 31.9 Å². The summed E-state index contributed by atoms with van der Waals surface area (Å²) in [6.45, 7) is 11.2. The van der Waals surface area contributed by atoms with Crippen LogP contribution >= 0.6 is 0 Å². The molecule has 0 saturated carbocycles. The molecule has 0 aromatic heterocycles. The first-order chi connectivity index (χ1) is 10.0. The molecule has 2 N–H and O–H groups in total. The molecule has 0 spiro atoms. The van der Waals surface area contributed by atoms with Crippen LogP contribution in [0.15, 0.2) is 17.0 Å². The van der Waals surface area contributed by atoms with Gasteiger partial charge in [0, 0.05) is 19.1 Å². The van der Waals surface area contributed by atoms with Crippen LogP contribution in [0.4, 0.5) is 0 Å². The molecule has 0 aliphatic carbocycles. The molecule has 5 heteroatoms. The molecule has 2 rings (SSSR count). The monoisotopic (exact) mass is 324 g/mol. The third kappa shape index (κ3) is 3.36. The summed E-state index contributed by atoms with van der Waals surface area (Å²) in [4.78, 5) is 0.468. The normalized spacial score (nSPS) is 18.6. The second-order valence-electron chi connectivity index (χ2n) is 7.43.